The highest BCUT2D eigenvalue weighted by Gasteiger charge is 2.68. The minimum absolute atomic E-state index is 0.0482. The van der Waals surface area contributed by atoms with Crippen molar-refractivity contribution in [1.29, 1.82) is 0 Å². The minimum Gasteiger partial charge on any atom is -0.455 e. The summed E-state index contributed by atoms with van der Waals surface area (Å²) in [6.45, 7) is 25.4. The normalized spacial score (nSPS) is 15.3. The number of furan rings is 1. The van der Waals surface area contributed by atoms with Crippen molar-refractivity contribution in [2.75, 3.05) is 0 Å². The van der Waals surface area contributed by atoms with Crippen molar-refractivity contribution in [1.82, 2.24) is 9.55 Å². The van der Waals surface area contributed by atoms with Gasteiger partial charge in [0.15, 0.2) is 22.8 Å². The summed E-state index contributed by atoms with van der Waals surface area (Å²) in [6.07, 6.45) is 2.53. The minimum atomic E-state index is -1.85. The topological polar surface area (TPSA) is 38.7 Å². The van der Waals surface area contributed by atoms with E-state index in [0.29, 0.717) is 0 Å². The number of fused-ring (bicyclic) bond motifs is 16. The summed E-state index contributed by atoms with van der Waals surface area (Å²) in [5.41, 5.74) is 22.2. The van der Waals surface area contributed by atoms with E-state index in [1.54, 1.807) is 0 Å². The van der Waals surface area contributed by atoms with E-state index in [1.807, 2.05) is 0 Å². The van der Waals surface area contributed by atoms with Crippen molar-refractivity contribution in [2.45, 2.75) is 86.1 Å². The van der Waals surface area contributed by atoms with E-state index in [0.717, 1.165) is 67.0 Å². The van der Waals surface area contributed by atoms with Crippen molar-refractivity contribution in [2.24, 2.45) is 0 Å². The average molecular weight is 877 g/mol. The van der Waals surface area contributed by atoms with E-state index in [4.69, 9.17) is 9.40 Å². The summed E-state index contributed by atoms with van der Waals surface area (Å²) in [4.78, 5) is 5.20. The average Bonchev–Trinajstić information content (AvgIpc) is 3.99. The lowest BCUT2D eigenvalue weighted by molar-refractivity contribution is -0.944. The largest absolute Gasteiger partial charge is 0.455 e. The van der Waals surface area contributed by atoms with E-state index < -0.39 is 13.7 Å². The van der Waals surface area contributed by atoms with Gasteiger partial charge < -0.3 is 4.42 Å². The number of pyridine rings is 2. The van der Waals surface area contributed by atoms with Crippen LogP contribution in [0.2, 0.25) is 19.6 Å². The van der Waals surface area contributed by atoms with Gasteiger partial charge in [0.25, 0.3) is 0 Å². The van der Waals surface area contributed by atoms with Gasteiger partial charge in [0, 0.05) is 33.3 Å². The first-order valence-electron chi connectivity index (χ1n) is 23.5. The molecule has 6 heterocycles. The van der Waals surface area contributed by atoms with Crippen LogP contribution < -0.4 is 14.3 Å². The van der Waals surface area contributed by atoms with Crippen LogP contribution >= 0.6 is 0 Å². The van der Waals surface area contributed by atoms with Gasteiger partial charge in [0.05, 0.1) is 30.5 Å². The third kappa shape index (κ3) is 5.54. The molecular formula is C60H56N4OSi+2. The Morgan fingerprint density at radius 2 is 1.38 bits per heavy atom. The van der Waals surface area contributed by atoms with Crippen molar-refractivity contribution in [3.8, 4) is 50.6 Å². The van der Waals surface area contributed by atoms with Crippen LogP contribution in [0.1, 0.15) is 65.5 Å². The number of aryl methyl sites for hydroxylation is 5. The summed E-state index contributed by atoms with van der Waals surface area (Å²) < 4.78 is 15.3. The highest BCUT2D eigenvalue weighted by atomic mass is 28.3. The van der Waals surface area contributed by atoms with Gasteiger partial charge in [-0.3, -0.25) is 4.98 Å². The SMILES string of the molecule is Cc1ccc(-c2ccc3c(c2)oc2c4c(cc(C)c23)C2(c3cc(C)nc(C)c3-c3cc(C)c([Si](C)(C)C)c[n+]32)[n+]2c-4n(-c3ccc(C(C)(C)C)cc3-c3ccccc3)c3ccccc32)cc1. The fourth-order valence-electron chi connectivity index (χ4n) is 11.7. The molecule has 0 saturated carbocycles. The van der Waals surface area contributed by atoms with E-state index in [2.05, 4.69) is 228 Å². The second-order valence-electron chi connectivity index (χ2n) is 21.1. The Labute approximate surface area is 388 Å². The first kappa shape index (κ1) is 40.6. The number of hydrogen-bond acceptors (Lipinski definition) is 2. The monoisotopic (exact) mass is 876 g/mol. The first-order chi connectivity index (χ1) is 31.5. The van der Waals surface area contributed by atoms with Crippen LogP contribution in [0.3, 0.4) is 0 Å². The van der Waals surface area contributed by atoms with E-state index in [-0.39, 0.29) is 5.41 Å². The maximum atomic E-state index is 7.47. The molecule has 66 heavy (non-hydrogen) atoms. The predicted molar refractivity (Wildman–Crippen MR) is 274 cm³/mol. The molecule has 6 aromatic carbocycles. The molecule has 0 fully saturated rings. The lowest BCUT2D eigenvalue weighted by Gasteiger charge is -2.23. The number of nitrogens with zero attached hydrogens (tertiary/aromatic N) is 4. The van der Waals surface area contributed by atoms with Crippen molar-refractivity contribution in [3.05, 3.63) is 184 Å². The summed E-state index contributed by atoms with van der Waals surface area (Å²) >= 11 is 0. The van der Waals surface area contributed by atoms with Gasteiger partial charge in [0.2, 0.25) is 5.69 Å². The van der Waals surface area contributed by atoms with Crippen LogP contribution in [0.4, 0.5) is 0 Å². The Morgan fingerprint density at radius 1 is 0.667 bits per heavy atom. The molecule has 1 spiro atoms. The lowest BCUT2D eigenvalue weighted by atomic mass is 9.85. The molecule has 0 N–H and O–H groups in total. The van der Waals surface area contributed by atoms with Gasteiger partial charge in [-0.05, 0) is 122 Å². The second-order valence-corrected chi connectivity index (χ2v) is 26.2. The summed E-state index contributed by atoms with van der Waals surface area (Å²) in [6, 6.07) is 50.0. The third-order valence-corrected chi connectivity index (χ3v) is 16.8. The molecule has 1 unspecified atom stereocenters. The second kappa shape index (κ2) is 13.8. The van der Waals surface area contributed by atoms with Gasteiger partial charge in [-0.25, -0.2) is 0 Å². The highest BCUT2D eigenvalue weighted by Crippen LogP contribution is 2.54. The summed E-state index contributed by atoms with van der Waals surface area (Å²) in [5.74, 6) is 1.10. The highest BCUT2D eigenvalue weighted by molar-refractivity contribution is 6.88. The molecule has 10 aromatic rings. The number of aromatic nitrogens is 4. The van der Waals surface area contributed by atoms with Crippen molar-refractivity contribution >= 4 is 46.2 Å². The molecule has 2 aliphatic rings. The molecule has 324 valence electrons. The van der Waals surface area contributed by atoms with Gasteiger partial charge in [0.1, 0.15) is 16.8 Å². The van der Waals surface area contributed by atoms with Gasteiger partial charge in [-0.1, -0.05) is 125 Å². The predicted octanol–water partition coefficient (Wildman–Crippen LogP) is 13.5. The van der Waals surface area contributed by atoms with Crippen molar-refractivity contribution < 1.29 is 13.6 Å². The van der Waals surface area contributed by atoms with Gasteiger partial charge in [-0.2, -0.15) is 4.57 Å². The molecule has 12 rings (SSSR count). The lowest BCUT2D eigenvalue weighted by Crippen LogP contribution is -2.72. The third-order valence-electron chi connectivity index (χ3n) is 14.6. The quantitative estimate of drug-likeness (QED) is 0.130. The standard InChI is InChI=1S/C60H56N4OSi/c1-35-21-23-40(24-22-35)42-25-27-44-52(32-42)65-57-54(44)37(3)29-46-56(57)58-63(48-28-26-43(59(6,7)8)33-45(48)41-17-13-12-14-18-41)49-19-15-16-20-50(49)64(58)60(46)47-31-38(4)61-39(5)55(47)51-30-36(2)53(34-62(51)60)66(9,10)11/h12-34H,1-11H3/q+2. The molecule has 0 aliphatic carbocycles. The number of hydrogen-bond donors (Lipinski definition) is 0. The smallest absolute Gasteiger partial charge is 0.365 e. The summed E-state index contributed by atoms with van der Waals surface area (Å²) in [5, 5.41) is 3.74. The molecule has 5 nitrogen and oxygen atoms in total. The van der Waals surface area contributed by atoms with E-state index >= 15 is 0 Å². The molecule has 1 atom stereocenters. The number of benzene rings is 6. The van der Waals surface area contributed by atoms with Crippen LogP contribution in [0.25, 0.3) is 83.6 Å². The maximum absolute atomic E-state index is 7.47. The van der Waals surface area contributed by atoms with Crippen LogP contribution in [0.15, 0.2) is 144 Å². The molecule has 2 aliphatic heterocycles. The van der Waals surface area contributed by atoms with Crippen LogP contribution in [-0.2, 0) is 11.1 Å². The molecule has 6 heteroatoms. The zero-order valence-corrected chi connectivity index (χ0v) is 41.0. The Balaban J connectivity index is 1.31. The molecule has 0 bridgehead atoms. The molecule has 0 radical (unpaired) electrons. The fourth-order valence-corrected chi connectivity index (χ4v) is 13.4. The van der Waals surface area contributed by atoms with Crippen LogP contribution in [0.5, 0.6) is 0 Å². The first-order valence-corrected chi connectivity index (χ1v) is 27.0. The number of para-hydroxylation sites is 2. The van der Waals surface area contributed by atoms with Crippen molar-refractivity contribution in [3.63, 3.8) is 0 Å². The zero-order valence-electron chi connectivity index (χ0n) is 40.0. The molecule has 0 amide bonds. The Kier molecular flexibility index (Phi) is 8.50. The van der Waals surface area contributed by atoms with Gasteiger partial charge >= 0.3 is 11.5 Å². The number of imidazole rings is 1. The zero-order chi connectivity index (χ0) is 45.8. The van der Waals surface area contributed by atoms with E-state index in [1.165, 1.54) is 66.5 Å². The summed E-state index contributed by atoms with van der Waals surface area (Å²) in [7, 11) is -1.85. The Hall–Kier alpha value is -6.89. The van der Waals surface area contributed by atoms with Gasteiger partial charge in [-0.15, -0.1) is 9.13 Å². The Morgan fingerprint density at radius 3 is 2.12 bits per heavy atom. The fraction of sp³-hybridized carbons (Fsp3) is 0.217. The molecule has 0 saturated heterocycles. The number of rotatable bonds is 4. The molecular weight excluding hydrogens is 821 g/mol. The molecule has 4 aromatic heterocycles. The van der Waals surface area contributed by atoms with E-state index in [9.17, 15) is 0 Å². The van der Waals surface area contributed by atoms with Crippen LogP contribution in [0, 0.1) is 34.6 Å². The van der Waals surface area contributed by atoms with Crippen LogP contribution in [-0.4, -0.2) is 17.6 Å². The Bertz CT molecular complexity index is 3710. The maximum Gasteiger partial charge on any atom is 0.365 e.